The molecule has 0 bridgehead atoms. The summed E-state index contributed by atoms with van der Waals surface area (Å²) < 4.78 is 4.80. The minimum Gasteiger partial charge on any atom is -0.465 e. The molecule has 0 amide bonds. The number of hydrogen-bond acceptors (Lipinski definition) is 5. The van der Waals surface area contributed by atoms with Crippen LogP contribution in [0.1, 0.15) is 23.7 Å². The van der Waals surface area contributed by atoms with E-state index in [-0.39, 0.29) is 12.6 Å². The molecule has 1 aliphatic rings. The first-order chi connectivity index (χ1) is 9.10. The molecule has 0 spiro atoms. The first-order valence-corrected chi connectivity index (χ1v) is 6.44. The van der Waals surface area contributed by atoms with Gasteiger partial charge in [-0.3, -0.25) is 0 Å². The monoisotopic (exact) mass is 264 g/mol. The van der Waals surface area contributed by atoms with Crippen LogP contribution in [0.5, 0.6) is 0 Å². The van der Waals surface area contributed by atoms with Crippen molar-refractivity contribution in [3.63, 3.8) is 0 Å². The van der Waals surface area contributed by atoms with E-state index in [1.165, 1.54) is 7.11 Å². The number of rotatable bonds is 3. The van der Waals surface area contributed by atoms with Crippen molar-refractivity contribution in [2.75, 3.05) is 30.9 Å². The van der Waals surface area contributed by atoms with Gasteiger partial charge in [0, 0.05) is 6.54 Å². The highest BCUT2D eigenvalue weighted by Gasteiger charge is 2.33. The van der Waals surface area contributed by atoms with Gasteiger partial charge in [0.15, 0.2) is 0 Å². The van der Waals surface area contributed by atoms with Crippen LogP contribution in [0.25, 0.3) is 0 Å². The van der Waals surface area contributed by atoms with E-state index in [4.69, 9.17) is 10.5 Å². The molecule has 1 aromatic rings. The zero-order valence-corrected chi connectivity index (χ0v) is 11.3. The van der Waals surface area contributed by atoms with Gasteiger partial charge in [0.2, 0.25) is 0 Å². The lowest BCUT2D eigenvalue weighted by atomic mass is 10.0. The second-order valence-electron chi connectivity index (χ2n) is 4.94. The maximum Gasteiger partial charge on any atom is 0.340 e. The Kier molecular flexibility index (Phi) is 3.95. The highest BCUT2D eigenvalue weighted by molar-refractivity contribution is 5.99. The molecule has 0 radical (unpaired) electrons. The van der Waals surface area contributed by atoms with Gasteiger partial charge in [0.05, 0.1) is 36.7 Å². The Balaban J connectivity index is 2.46. The van der Waals surface area contributed by atoms with Gasteiger partial charge in [-0.25, -0.2) is 4.79 Å². The zero-order valence-electron chi connectivity index (χ0n) is 11.3. The highest BCUT2D eigenvalue weighted by atomic mass is 16.5. The lowest BCUT2D eigenvalue weighted by Gasteiger charge is -2.29. The molecule has 2 atom stereocenters. The minimum atomic E-state index is -0.404. The number of ether oxygens (including phenoxy) is 1. The molecule has 1 aliphatic heterocycles. The molecular weight excluding hydrogens is 244 g/mol. The molecule has 104 valence electrons. The fourth-order valence-corrected chi connectivity index (χ4v) is 2.72. The van der Waals surface area contributed by atoms with Crippen LogP contribution in [0.4, 0.5) is 11.4 Å². The van der Waals surface area contributed by atoms with Crippen LogP contribution in [0.2, 0.25) is 0 Å². The van der Waals surface area contributed by atoms with Crippen LogP contribution < -0.4 is 10.6 Å². The lowest BCUT2D eigenvalue weighted by Crippen LogP contribution is -2.36. The molecule has 1 heterocycles. The van der Waals surface area contributed by atoms with Crippen LogP contribution >= 0.6 is 0 Å². The maximum absolute atomic E-state index is 11.9. The number of aliphatic hydroxyl groups is 1. The number of benzene rings is 1. The molecule has 0 aliphatic carbocycles. The number of methoxy groups -OCH3 is 1. The first kappa shape index (κ1) is 13.7. The second-order valence-corrected chi connectivity index (χ2v) is 4.94. The largest absolute Gasteiger partial charge is 0.465 e. The number of anilines is 2. The standard InChI is InChI=1S/C14H20N2O3/c1-9-6-7-16(12(9)8-17)13-10(14(18)19-2)4-3-5-11(13)15/h3-5,9,12,17H,6-8,15H2,1-2H3. The third-order valence-electron chi connectivity index (χ3n) is 3.83. The summed E-state index contributed by atoms with van der Waals surface area (Å²) in [5.41, 5.74) is 7.69. The summed E-state index contributed by atoms with van der Waals surface area (Å²) in [5, 5.41) is 9.55. The lowest BCUT2D eigenvalue weighted by molar-refractivity contribution is 0.0601. The number of hydrogen-bond donors (Lipinski definition) is 2. The van der Waals surface area contributed by atoms with Crippen molar-refractivity contribution in [1.29, 1.82) is 0 Å². The van der Waals surface area contributed by atoms with Crippen molar-refractivity contribution < 1.29 is 14.6 Å². The van der Waals surface area contributed by atoms with Gasteiger partial charge in [-0.05, 0) is 24.5 Å². The number of aliphatic hydroxyl groups excluding tert-OH is 1. The van der Waals surface area contributed by atoms with E-state index in [0.717, 1.165) is 13.0 Å². The number of nitrogens with two attached hydrogens (primary N) is 1. The van der Waals surface area contributed by atoms with E-state index in [2.05, 4.69) is 6.92 Å². The number of nitrogens with zero attached hydrogens (tertiary/aromatic N) is 1. The van der Waals surface area contributed by atoms with Gasteiger partial charge in [-0.1, -0.05) is 13.0 Å². The fourth-order valence-electron chi connectivity index (χ4n) is 2.72. The summed E-state index contributed by atoms with van der Waals surface area (Å²) >= 11 is 0. The molecule has 19 heavy (non-hydrogen) atoms. The molecule has 0 aromatic heterocycles. The van der Waals surface area contributed by atoms with Gasteiger partial charge < -0.3 is 20.5 Å². The van der Waals surface area contributed by atoms with Crippen molar-refractivity contribution in [3.8, 4) is 0 Å². The van der Waals surface area contributed by atoms with Crippen LogP contribution in [0, 0.1) is 5.92 Å². The van der Waals surface area contributed by atoms with Gasteiger partial charge in [0.1, 0.15) is 0 Å². The van der Waals surface area contributed by atoms with Crippen LogP contribution in [0.15, 0.2) is 18.2 Å². The molecule has 2 unspecified atom stereocenters. The number of carbonyl (C=O) groups excluding carboxylic acids is 1. The number of nitrogen functional groups attached to an aromatic ring is 1. The Bertz CT molecular complexity index is 476. The summed E-state index contributed by atoms with van der Waals surface area (Å²) in [5.74, 6) is -0.0337. The first-order valence-electron chi connectivity index (χ1n) is 6.44. The van der Waals surface area contributed by atoms with Crippen molar-refractivity contribution in [1.82, 2.24) is 0 Å². The molecule has 2 rings (SSSR count). The molecule has 5 nitrogen and oxygen atoms in total. The van der Waals surface area contributed by atoms with Gasteiger partial charge in [-0.15, -0.1) is 0 Å². The Morgan fingerprint density at radius 3 is 2.95 bits per heavy atom. The van der Waals surface area contributed by atoms with Crippen LogP contribution in [-0.2, 0) is 4.74 Å². The van der Waals surface area contributed by atoms with Crippen molar-refractivity contribution >= 4 is 17.3 Å². The molecule has 0 saturated carbocycles. The summed E-state index contributed by atoms with van der Waals surface area (Å²) in [6, 6.07) is 5.19. The zero-order chi connectivity index (χ0) is 14.0. The number of para-hydroxylation sites is 1. The van der Waals surface area contributed by atoms with E-state index in [1.54, 1.807) is 18.2 Å². The predicted octanol–water partition coefficient (Wildman–Crippen LogP) is 1.26. The normalized spacial score (nSPS) is 22.6. The topological polar surface area (TPSA) is 75.8 Å². The quantitative estimate of drug-likeness (QED) is 0.635. The average molecular weight is 264 g/mol. The van der Waals surface area contributed by atoms with Crippen LogP contribution in [-0.4, -0.2) is 37.4 Å². The molecule has 3 N–H and O–H groups in total. The average Bonchev–Trinajstić information content (AvgIpc) is 2.78. The van der Waals surface area contributed by atoms with Crippen LogP contribution in [0.3, 0.4) is 0 Å². The summed E-state index contributed by atoms with van der Waals surface area (Å²) in [6.45, 7) is 2.93. The van der Waals surface area contributed by atoms with E-state index >= 15 is 0 Å². The fraction of sp³-hybridized carbons (Fsp3) is 0.500. The third kappa shape index (κ3) is 2.38. The van der Waals surface area contributed by atoms with Crippen molar-refractivity contribution in [2.45, 2.75) is 19.4 Å². The molecule has 1 aromatic carbocycles. The Morgan fingerprint density at radius 2 is 2.32 bits per heavy atom. The predicted molar refractivity (Wildman–Crippen MR) is 74.2 cm³/mol. The van der Waals surface area contributed by atoms with Crippen molar-refractivity contribution in [2.24, 2.45) is 5.92 Å². The molecular formula is C14H20N2O3. The van der Waals surface area contributed by atoms with E-state index in [9.17, 15) is 9.90 Å². The van der Waals surface area contributed by atoms with E-state index < -0.39 is 5.97 Å². The Labute approximate surface area is 113 Å². The third-order valence-corrected chi connectivity index (χ3v) is 3.83. The maximum atomic E-state index is 11.9. The smallest absolute Gasteiger partial charge is 0.340 e. The van der Waals surface area contributed by atoms with Gasteiger partial charge in [-0.2, -0.15) is 0 Å². The SMILES string of the molecule is COC(=O)c1cccc(N)c1N1CCC(C)C1CO. The highest BCUT2D eigenvalue weighted by Crippen LogP contribution is 2.36. The molecule has 1 saturated heterocycles. The second kappa shape index (κ2) is 5.48. The summed E-state index contributed by atoms with van der Waals surface area (Å²) in [4.78, 5) is 13.9. The van der Waals surface area contributed by atoms with Gasteiger partial charge >= 0.3 is 5.97 Å². The molecule has 5 heteroatoms. The summed E-state index contributed by atoms with van der Waals surface area (Å²) in [7, 11) is 1.35. The Hall–Kier alpha value is -1.75. The minimum absolute atomic E-state index is 0.00638. The Morgan fingerprint density at radius 1 is 1.58 bits per heavy atom. The van der Waals surface area contributed by atoms with E-state index in [0.29, 0.717) is 22.9 Å². The number of esters is 1. The van der Waals surface area contributed by atoms with E-state index in [1.807, 2.05) is 4.90 Å². The van der Waals surface area contributed by atoms with Crippen molar-refractivity contribution in [3.05, 3.63) is 23.8 Å². The van der Waals surface area contributed by atoms with Gasteiger partial charge in [0.25, 0.3) is 0 Å². The molecule has 1 fully saturated rings. The summed E-state index contributed by atoms with van der Waals surface area (Å²) in [6.07, 6.45) is 0.972. The number of carbonyl (C=O) groups is 1.